The molecule has 0 amide bonds. The van der Waals surface area contributed by atoms with Crippen molar-refractivity contribution in [2.45, 2.75) is 44.2 Å². The molecule has 0 aromatic carbocycles. The molecular weight excluding hydrogens is 310 g/mol. The van der Waals surface area contributed by atoms with Crippen LogP contribution in [0.4, 0.5) is 0 Å². The van der Waals surface area contributed by atoms with Crippen LogP contribution in [0, 0.1) is 0 Å². The average molecular weight is 333 g/mol. The summed E-state index contributed by atoms with van der Waals surface area (Å²) >= 11 is 1.90. The fraction of sp³-hybridized carbons (Fsp3) is 0.688. The van der Waals surface area contributed by atoms with Gasteiger partial charge in [0.1, 0.15) is 12.4 Å². The van der Waals surface area contributed by atoms with E-state index in [0.29, 0.717) is 5.92 Å². The van der Waals surface area contributed by atoms with Crippen LogP contribution >= 0.6 is 11.3 Å². The highest BCUT2D eigenvalue weighted by Crippen LogP contribution is 2.36. The molecule has 3 heterocycles. The van der Waals surface area contributed by atoms with Crippen LogP contribution in [0.1, 0.15) is 53.4 Å². The average Bonchev–Trinajstić information content (AvgIpc) is 3.28. The predicted molar refractivity (Wildman–Crippen MR) is 88.3 cm³/mol. The number of thiazole rings is 1. The Balaban J connectivity index is 1.39. The summed E-state index contributed by atoms with van der Waals surface area (Å²) in [5.74, 6) is 1.62. The zero-order chi connectivity index (χ0) is 15.6. The van der Waals surface area contributed by atoms with E-state index in [1.54, 1.807) is 6.33 Å². The van der Waals surface area contributed by atoms with Gasteiger partial charge < -0.3 is 9.30 Å². The number of aromatic nitrogens is 4. The quantitative estimate of drug-likeness (QED) is 0.860. The molecule has 1 atom stereocenters. The lowest BCUT2D eigenvalue weighted by Crippen LogP contribution is -2.38. The van der Waals surface area contributed by atoms with Gasteiger partial charge >= 0.3 is 0 Å². The van der Waals surface area contributed by atoms with Crippen LogP contribution in [-0.4, -0.2) is 44.3 Å². The first-order valence-corrected chi connectivity index (χ1v) is 9.23. The minimum Gasteiger partial charge on any atom is -0.368 e. The molecule has 6 nitrogen and oxygen atoms in total. The summed E-state index contributed by atoms with van der Waals surface area (Å²) in [5, 5.41) is 9.49. The number of hydrogen-bond donors (Lipinski definition) is 0. The van der Waals surface area contributed by atoms with E-state index in [1.165, 1.54) is 35.6 Å². The van der Waals surface area contributed by atoms with Crippen molar-refractivity contribution in [2.75, 3.05) is 19.7 Å². The lowest BCUT2D eigenvalue weighted by molar-refractivity contribution is -0.0382. The van der Waals surface area contributed by atoms with Crippen LogP contribution in [0.3, 0.4) is 0 Å². The zero-order valence-electron chi connectivity index (χ0n) is 13.5. The second-order valence-corrected chi connectivity index (χ2v) is 7.69. The number of aryl methyl sites for hydroxylation is 1. The molecule has 1 saturated heterocycles. The monoisotopic (exact) mass is 333 g/mol. The van der Waals surface area contributed by atoms with Crippen LogP contribution in [0.25, 0.3) is 0 Å². The van der Waals surface area contributed by atoms with Crippen molar-refractivity contribution in [2.24, 2.45) is 7.05 Å². The summed E-state index contributed by atoms with van der Waals surface area (Å²) in [6, 6.07) is 0. The van der Waals surface area contributed by atoms with E-state index in [4.69, 9.17) is 4.74 Å². The first kappa shape index (κ1) is 15.2. The maximum absolute atomic E-state index is 5.88. The maximum Gasteiger partial charge on any atom is 0.163 e. The molecule has 2 aromatic heterocycles. The fourth-order valence-corrected chi connectivity index (χ4v) is 4.69. The van der Waals surface area contributed by atoms with Crippen LogP contribution in [0.5, 0.6) is 0 Å². The van der Waals surface area contributed by atoms with Gasteiger partial charge in [0.25, 0.3) is 0 Å². The van der Waals surface area contributed by atoms with Gasteiger partial charge in [-0.25, -0.2) is 4.98 Å². The van der Waals surface area contributed by atoms with Crippen molar-refractivity contribution in [3.8, 4) is 0 Å². The highest BCUT2D eigenvalue weighted by atomic mass is 32.1. The predicted octanol–water partition coefficient (Wildman–Crippen LogP) is 2.50. The third kappa shape index (κ3) is 3.32. The minimum absolute atomic E-state index is 0.0125. The molecule has 2 fully saturated rings. The van der Waals surface area contributed by atoms with Gasteiger partial charge in [-0.1, -0.05) is 12.8 Å². The Kier molecular flexibility index (Phi) is 4.41. The summed E-state index contributed by atoms with van der Waals surface area (Å²) in [6.07, 6.45) is 9.18. The molecule has 0 N–H and O–H groups in total. The smallest absolute Gasteiger partial charge is 0.163 e. The molecule has 4 rings (SSSR count). The van der Waals surface area contributed by atoms with E-state index < -0.39 is 0 Å². The highest BCUT2D eigenvalue weighted by molar-refractivity contribution is 7.11. The molecular formula is C16H23N5OS. The lowest BCUT2D eigenvalue weighted by Gasteiger charge is -2.31. The molecule has 0 radical (unpaired) electrons. The van der Waals surface area contributed by atoms with Gasteiger partial charge in [-0.15, -0.1) is 21.5 Å². The number of morpholine rings is 1. The fourth-order valence-electron chi connectivity index (χ4n) is 3.56. The molecule has 2 aliphatic rings. The summed E-state index contributed by atoms with van der Waals surface area (Å²) in [7, 11) is 1.97. The molecule has 1 aliphatic heterocycles. The molecule has 124 valence electrons. The third-order valence-corrected chi connectivity index (χ3v) is 5.98. The first-order valence-electron chi connectivity index (χ1n) is 8.42. The summed E-state index contributed by atoms with van der Waals surface area (Å²) in [4.78, 5) is 8.49. The summed E-state index contributed by atoms with van der Waals surface area (Å²) < 4.78 is 7.82. The van der Waals surface area contributed by atoms with E-state index in [-0.39, 0.29) is 6.10 Å². The Hall–Kier alpha value is -1.31. The summed E-state index contributed by atoms with van der Waals surface area (Å²) in [5.41, 5.74) is 0. The largest absolute Gasteiger partial charge is 0.368 e. The van der Waals surface area contributed by atoms with E-state index >= 15 is 0 Å². The standard InChI is InChI=1S/C16H23N5OS/c1-20-11-18-19-15(20)14-10-21(6-7-22-14)9-13-8-17-16(23-13)12-4-2-3-5-12/h8,11-12,14H,2-7,9-10H2,1H3/t14-/m0/s1. The normalized spacial score (nSPS) is 23.6. The highest BCUT2D eigenvalue weighted by Gasteiger charge is 2.26. The number of rotatable bonds is 4. The van der Waals surface area contributed by atoms with E-state index in [2.05, 4.69) is 26.3 Å². The molecule has 1 aliphatic carbocycles. The first-order chi connectivity index (χ1) is 11.3. The second kappa shape index (κ2) is 6.67. The SMILES string of the molecule is Cn1cnnc1[C@@H]1CN(Cc2cnc(C3CCCC3)s2)CCO1. The number of nitrogens with zero attached hydrogens (tertiary/aromatic N) is 5. The zero-order valence-corrected chi connectivity index (χ0v) is 14.3. The third-order valence-electron chi connectivity index (χ3n) is 4.84. The van der Waals surface area contributed by atoms with Crippen molar-refractivity contribution in [1.82, 2.24) is 24.6 Å². The molecule has 1 saturated carbocycles. The van der Waals surface area contributed by atoms with Crippen LogP contribution < -0.4 is 0 Å². The Morgan fingerprint density at radius 2 is 2.22 bits per heavy atom. The minimum atomic E-state index is 0.0125. The number of ether oxygens (including phenoxy) is 1. The van der Waals surface area contributed by atoms with Crippen LogP contribution in [0.2, 0.25) is 0 Å². The van der Waals surface area contributed by atoms with Crippen molar-refractivity contribution in [3.05, 3.63) is 28.2 Å². The topological polar surface area (TPSA) is 56.1 Å². The maximum atomic E-state index is 5.88. The van der Waals surface area contributed by atoms with E-state index in [0.717, 1.165) is 32.1 Å². The van der Waals surface area contributed by atoms with Crippen LogP contribution in [0.15, 0.2) is 12.5 Å². The van der Waals surface area contributed by atoms with Gasteiger partial charge in [0.2, 0.25) is 0 Å². The Morgan fingerprint density at radius 3 is 3.00 bits per heavy atom. The molecule has 0 unspecified atom stereocenters. The van der Waals surface area contributed by atoms with Gasteiger partial charge in [0.15, 0.2) is 5.82 Å². The van der Waals surface area contributed by atoms with Crippen molar-refractivity contribution >= 4 is 11.3 Å². The van der Waals surface area contributed by atoms with E-state index in [9.17, 15) is 0 Å². The molecule has 7 heteroatoms. The Morgan fingerprint density at radius 1 is 1.35 bits per heavy atom. The van der Waals surface area contributed by atoms with Gasteiger partial charge in [-0.05, 0) is 12.8 Å². The molecule has 23 heavy (non-hydrogen) atoms. The molecule has 2 aromatic rings. The lowest BCUT2D eigenvalue weighted by atomic mass is 10.1. The molecule has 0 spiro atoms. The Bertz CT molecular complexity index is 648. The van der Waals surface area contributed by atoms with Gasteiger partial charge in [-0.3, -0.25) is 4.90 Å². The van der Waals surface area contributed by atoms with Gasteiger partial charge in [-0.2, -0.15) is 0 Å². The van der Waals surface area contributed by atoms with Gasteiger partial charge in [0.05, 0.1) is 11.6 Å². The van der Waals surface area contributed by atoms with Crippen molar-refractivity contribution in [3.63, 3.8) is 0 Å². The van der Waals surface area contributed by atoms with Crippen molar-refractivity contribution < 1.29 is 4.74 Å². The van der Waals surface area contributed by atoms with Gasteiger partial charge in [0, 0.05) is 43.7 Å². The van der Waals surface area contributed by atoms with E-state index in [1.807, 2.05) is 23.0 Å². The van der Waals surface area contributed by atoms with Crippen LogP contribution in [-0.2, 0) is 18.3 Å². The number of hydrogen-bond acceptors (Lipinski definition) is 6. The van der Waals surface area contributed by atoms with Crippen molar-refractivity contribution in [1.29, 1.82) is 0 Å². The molecule has 0 bridgehead atoms. The summed E-state index contributed by atoms with van der Waals surface area (Å²) in [6.45, 7) is 3.53. The Labute approximate surface area is 140 Å². The second-order valence-electron chi connectivity index (χ2n) is 6.54.